The highest BCUT2D eigenvalue weighted by Gasteiger charge is 2.20. The highest BCUT2D eigenvalue weighted by Crippen LogP contribution is 2.31. The zero-order chi connectivity index (χ0) is 13.0. The fourth-order valence-electron chi connectivity index (χ4n) is 1.47. The Morgan fingerprint density at radius 3 is 2.76 bits per heavy atom. The predicted octanol–water partition coefficient (Wildman–Crippen LogP) is 2.15. The number of rotatable bonds is 5. The van der Waals surface area contributed by atoms with Crippen molar-refractivity contribution in [3.8, 4) is 5.75 Å². The molecule has 1 aromatic carbocycles. The van der Waals surface area contributed by atoms with Crippen molar-refractivity contribution >= 4 is 11.7 Å². The molecule has 6 heteroatoms. The van der Waals surface area contributed by atoms with Crippen molar-refractivity contribution in [2.24, 2.45) is 0 Å². The van der Waals surface area contributed by atoms with Gasteiger partial charge in [0.1, 0.15) is 6.10 Å². The van der Waals surface area contributed by atoms with E-state index in [1.54, 1.807) is 26.0 Å². The minimum atomic E-state index is -1.01. The molecule has 0 unspecified atom stereocenters. The van der Waals surface area contributed by atoms with Crippen LogP contribution in [0.25, 0.3) is 0 Å². The van der Waals surface area contributed by atoms with E-state index in [1.807, 2.05) is 0 Å². The summed E-state index contributed by atoms with van der Waals surface area (Å²) in [6.07, 6.45) is -0.821. The summed E-state index contributed by atoms with van der Waals surface area (Å²) >= 11 is 0. The van der Waals surface area contributed by atoms with Crippen LogP contribution >= 0.6 is 0 Å². The van der Waals surface area contributed by atoms with Crippen molar-refractivity contribution in [3.05, 3.63) is 33.9 Å². The van der Waals surface area contributed by atoms with Crippen LogP contribution in [-0.4, -0.2) is 22.1 Å². The number of nitro groups is 1. The summed E-state index contributed by atoms with van der Waals surface area (Å²) in [6, 6.07) is 4.70. The van der Waals surface area contributed by atoms with Gasteiger partial charge in [0, 0.05) is 5.56 Å². The Morgan fingerprint density at radius 1 is 1.59 bits per heavy atom. The Morgan fingerprint density at radius 2 is 2.24 bits per heavy atom. The molecule has 0 saturated heterocycles. The third kappa shape index (κ3) is 3.44. The number of carboxylic acids is 1. The number of ether oxygens (including phenoxy) is 1. The number of para-hydroxylation sites is 1. The number of carbonyl (C=O) groups is 1. The molecule has 0 aromatic heterocycles. The molecule has 6 nitrogen and oxygen atoms in total. The maximum Gasteiger partial charge on any atom is 0.313 e. The first kappa shape index (κ1) is 13.0. The van der Waals surface area contributed by atoms with Gasteiger partial charge in [-0.1, -0.05) is 12.1 Å². The predicted molar refractivity (Wildman–Crippen MR) is 60.2 cm³/mol. The van der Waals surface area contributed by atoms with E-state index < -0.39 is 17.0 Å². The van der Waals surface area contributed by atoms with Gasteiger partial charge in [-0.3, -0.25) is 14.9 Å². The van der Waals surface area contributed by atoms with E-state index in [1.165, 1.54) is 6.07 Å². The highest BCUT2D eigenvalue weighted by atomic mass is 16.6. The SMILES string of the molecule is Cc1cccc(O[C@@H](C)CC(=O)O)c1[N+](=O)[O-]. The van der Waals surface area contributed by atoms with Gasteiger partial charge in [0.15, 0.2) is 5.75 Å². The van der Waals surface area contributed by atoms with Crippen LogP contribution in [0.1, 0.15) is 18.9 Å². The Kier molecular flexibility index (Phi) is 4.03. The number of hydrogen-bond donors (Lipinski definition) is 1. The minimum absolute atomic E-state index is 0.101. The molecule has 17 heavy (non-hydrogen) atoms. The normalized spacial score (nSPS) is 11.9. The van der Waals surface area contributed by atoms with Crippen LogP contribution in [0.15, 0.2) is 18.2 Å². The largest absolute Gasteiger partial charge is 0.483 e. The zero-order valence-corrected chi connectivity index (χ0v) is 9.54. The molecular weight excluding hydrogens is 226 g/mol. The molecular formula is C11H13NO5. The first-order valence-electron chi connectivity index (χ1n) is 5.04. The number of aliphatic carboxylic acids is 1. The van der Waals surface area contributed by atoms with E-state index in [4.69, 9.17) is 9.84 Å². The number of aryl methyl sites for hydroxylation is 1. The molecule has 0 aliphatic rings. The number of nitro benzene ring substituents is 1. The van der Waals surface area contributed by atoms with Gasteiger partial charge in [-0.05, 0) is 19.9 Å². The van der Waals surface area contributed by atoms with E-state index in [9.17, 15) is 14.9 Å². The monoisotopic (exact) mass is 239 g/mol. The molecule has 0 aliphatic heterocycles. The van der Waals surface area contributed by atoms with Crippen LogP contribution in [0.2, 0.25) is 0 Å². The molecule has 1 aromatic rings. The Balaban J connectivity index is 2.94. The van der Waals surface area contributed by atoms with Gasteiger partial charge in [-0.15, -0.1) is 0 Å². The third-order valence-electron chi connectivity index (χ3n) is 2.17. The average Bonchev–Trinajstić information content (AvgIpc) is 2.15. The number of benzene rings is 1. The van der Waals surface area contributed by atoms with Gasteiger partial charge in [0.25, 0.3) is 0 Å². The summed E-state index contributed by atoms with van der Waals surface area (Å²) in [5.41, 5.74) is 0.361. The zero-order valence-electron chi connectivity index (χ0n) is 9.54. The molecule has 0 saturated carbocycles. The van der Waals surface area contributed by atoms with E-state index >= 15 is 0 Å². The number of hydrogen-bond acceptors (Lipinski definition) is 4. The van der Waals surface area contributed by atoms with E-state index in [0.717, 1.165) is 0 Å². The second-order valence-electron chi connectivity index (χ2n) is 3.71. The smallest absolute Gasteiger partial charge is 0.313 e. The Hall–Kier alpha value is -2.11. The second-order valence-corrected chi connectivity index (χ2v) is 3.71. The molecule has 0 heterocycles. The lowest BCUT2D eigenvalue weighted by Crippen LogP contribution is -2.17. The molecule has 0 spiro atoms. The summed E-state index contributed by atoms with van der Waals surface area (Å²) in [4.78, 5) is 20.8. The molecule has 1 N–H and O–H groups in total. The summed E-state index contributed by atoms with van der Waals surface area (Å²) in [6.45, 7) is 3.16. The number of nitrogens with zero attached hydrogens (tertiary/aromatic N) is 1. The lowest BCUT2D eigenvalue weighted by Gasteiger charge is -2.13. The lowest BCUT2D eigenvalue weighted by molar-refractivity contribution is -0.386. The molecule has 0 aliphatic carbocycles. The Bertz CT molecular complexity index is 443. The third-order valence-corrected chi connectivity index (χ3v) is 2.17. The molecule has 92 valence electrons. The van der Waals surface area contributed by atoms with Gasteiger partial charge in [0.05, 0.1) is 11.3 Å². The van der Waals surface area contributed by atoms with E-state index in [-0.39, 0.29) is 17.9 Å². The van der Waals surface area contributed by atoms with Crippen LogP contribution in [0, 0.1) is 17.0 Å². The topological polar surface area (TPSA) is 89.7 Å². The van der Waals surface area contributed by atoms with Crippen LogP contribution in [0.3, 0.4) is 0 Å². The van der Waals surface area contributed by atoms with Crippen molar-refractivity contribution in [2.45, 2.75) is 26.4 Å². The molecule has 1 atom stereocenters. The van der Waals surface area contributed by atoms with E-state index in [2.05, 4.69) is 0 Å². The highest BCUT2D eigenvalue weighted by molar-refractivity contribution is 5.67. The molecule has 0 bridgehead atoms. The first-order valence-corrected chi connectivity index (χ1v) is 5.04. The Labute approximate surface area is 98.0 Å². The maximum absolute atomic E-state index is 10.9. The second kappa shape index (κ2) is 5.29. The van der Waals surface area contributed by atoms with Gasteiger partial charge < -0.3 is 9.84 Å². The fourth-order valence-corrected chi connectivity index (χ4v) is 1.47. The molecule has 0 radical (unpaired) electrons. The summed E-state index contributed by atoms with van der Waals surface area (Å²) < 4.78 is 5.28. The van der Waals surface area contributed by atoms with Crippen molar-refractivity contribution in [2.75, 3.05) is 0 Å². The van der Waals surface area contributed by atoms with Crippen LogP contribution in [0.5, 0.6) is 5.75 Å². The fraction of sp³-hybridized carbons (Fsp3) is 0.364. The molecule has 0 amide bonds. The minimum Gasteiger partial charge on any atom is -0.483 e. The maximum atomic E-state index is 10.9. The summed E-state index contributed by atoms with van der Waals surface area (Å²) in [7, 11) is 0. The van der Waals surface area contributed by atoms with Crippen molar-refractivity contribution in [1.82, 2.24) is 0 Å². The van der Waals surface area contributed by atoms with Gasteiger partial charge >= 0.3 is 11.7 Å². The molecule has 0 fully saturated rings. The van der Waals surface area contributed by atoms with E-state index in [0.29, 0.717) is 5.56 Å². The van der Waals surface area contributed by atoms with Crippen LogP contribution < -0.4 is 4.74 Å². The van der Waals surface area contributed by atoms with Gasteiger partial charge in [-0.2, -0.15) is 0 Å². The molecule has 1 rings (SSSR count). The summed E-state index contributed by atoms with van der Waals surface area (Å²) in [5, 5.41) is 19.4. The van der Waals surface area contributed by atoms with Crippen molar-refractivity contribution in [1.29, 1.82) is 0 Å². The first-order chi connectivity index (χ1) is 7.91. The number of carboxylic acid groups (broad SMARTS) is 1. The lowest BCUT2D eigenvalue weighted by atomic mass is 10.2. The van der Waals surface area contributed by atoms with Gasteiger partial charge in [-0.25, -0.2) is 0 Å². The average molecular weight is 239 g/mol. The van der Waals surface area contributed by atoms with Crippen LogP contribution in [-0.2, 0) is 4.79 Å². The summed E-state index contributed by atoms with van der Waals surface area (Å²) in [5.74, 6) is -0.906. The van der Waals surface area contributed by atoms with Gasteiger partial charge in [0.2, 0.25) is 0 Å². The van der Waals surface area contributed by atoms with Crippen molar-refractivity contribution < 1.29 is 19.6 Å². The quantitative estimate of drug-likeness (QED) is 0.628. The van der Waals surface area contributed by atoms with Crippen molar-refractivity contribution in [3.63, 3.8) is 0 Å². The van der Waals surface area contributed by atoms with Crippen LogP contribution in [0.4, 0.5) is 5.69 Å². The standard InChI is InChI=1S/C11H13NO5/c1-7-4-3-5-9(11(7)12(15)16)17-8(2)6-10(13)14/h3-5,8H,6H2,1-2H3,(H,13,14)/t8-/m0/s1.